The topological polar surface area (TPSA) is 48.1 Å². The third-order valence-corrected chi connectivity index (χ3v) is 11.5. The highest BCUT2D eigenvalue weighted by molar-refractivity contribution is 7.99. The number of halogens is 4. The van der Waals surface area contributed by atoms with Gasteiger partial charge in [-0.3, -0.25) is 4.90 Å². The molecule has 4 saturated carbocycles. The van der Waals surface area contributed by atoms with Gasteiger partial charge in [0.05, 0.1) is 16.9 Å². The van der Waals surface area contributed by atoms with Gasteiger partial charge in [-0.1, -0.05) is 23.9 Å². The van der Waals surface area contributed by atoms with Crippen LogP contribution >= 0.6 is 24.2 Å². The van der Waals surface area contributed by atoms with Crippen LogP contribution in [-0.4, -0.2) is 73.9 Å². The number of ether oxygens (including phenoxy) is 1. The summed E-state index contributed by atoms with van der Waals surface area (Å²) >= 11 is 1.53. The van der Waals surface area contributed by atoms with Crippen LogP contribution in [0.25, 0.3) is 0 Å². The minimum absolute atomic E-state index is 0. The summed E-state index contributed by atoms with van der Waals surface area (Å²) in [5.74, 6) is 2.36. The van der Waals surface area contributed by atoms with Crippen molar-refractivity contribution in [1.29, 1.82) is 0 Å². The predicted molar refractivity (Wildman–Crippen MR) is 169 cm³/mol. The number of hydrogen-bond acceptors (Lipinski definition) is 6. The van der Waals surface area contributed by atoms with E-state index in [9.17, 15) is 18.0 Å². The van der Waals surface area contributed by atoms with Crippen LogP contribution in [0.2, 0.25) is 0 Å². The van der Waals surface area contributed by atoms with Gasteiger partial charge in [-0.15, -0.1) is 12.4 Å². The second-order valence-electron chi connectivity index (χ2n) is 13.4. The fraction of sp³-hybridized carbons (Fsp3) is 0.606. The largest absolute Gasteiger partial charge is 0.448 e. The molecule has 240 valence electrons. The number of para-hydroxylation sites is 1. The number of carbonyl (C=O) groups excluding carboxylic acids is 1. The lowest BCUT2D eigenvalue weighted by Crippen LogP contribution is -2.60. The van der Waals surface area contributed by atoms with Gasteiger partial charge >= 0.3 is 12.3 Å². The Labute approximate surface area is 268 Å². The Kier molecular flexibility index (Phi) is 9.35. The fourth-order valence-corrected chi connectivity index (χ4v) is 9.80. The molecule has 2 aromatic carbocycles. The number of anilines is 2. The molecule has 1 N–H and O–H groups in total. The summed E-state index contributed by atoms with van der Waals surface area (Å²) in [6.45, 7) is 6.38. The van der Waals surface area contributed by atoms with E-state index in [0.717, 1.165) is 98.2 Å². The number of piperazine rings is 1. The second-order valence-corrected chi connectivity index (χ2v) is 14.5. The first-order chi connectivity index (χ1) is 20.7. The van der Waals surface area contributed by atoms with E-state index < -0.39 is 11.7 Å². The van der Waals surface area contributed by atoms with Crippen molar-refractivity contribution in [2.24, 2.45) is 17.8 Å². The molecule has 11 heteroatoms. The number of nitrogens with zero attached hydrogens (tertiary/aromatic N) is 3. The molecule has 6 nitrogen and oxygen atoms in total. The number of hydrogen-bond donors (Lipinski definition) is 1. The van der Waals surface area contributed by atoms with E-state index in [2.05, 4.69) is 20.0 Å². The van der Waals surface area contributed by atoms with Crippen LogP contribution in [0.15, 0.2) is 52.3 Å². The molecule has 6 aliphatic rings. The lowest BCUT2D eigenvalue weighted by atomic mass is 9.53. The zero-order valence-electron chi connectivity index (χ0n) is 25.0. The minimum Gasteiger partial charge on any atom is -0.448 e. The lowest BCUT2D eigenvalue weighted by molar-refractivity contribution is -0.137. The monoisotopic (exact) mass is 650 g/mol. The highest BCUT2D eigenvalue weighted by Gasteiger charge is 2.51. The van der Waals surface area contributed by atoms with Crippen molar-refractivity contribution < 1.29 is 22.7 Å². The maximum atomic E-state index is 13.5. The summed E-state index contributed by atoms with van der Waals surface area (Å²) in [5.41, 5.74) is 0.975. The molecule has 0 aromatic heterocycles. The van der Waals surface area contributed by atoms with Crippen LogP contribution in [0.5, 0.6) is 0 Å². The van der Waals surface area contributed by atoms with Gasteiger partial charge in [-0.05, 0) is 99.6 Å². The number of rotatable bonds is 8. The van der Waals surface area contributed by atoms with Crippen molar-refractivity contribution in [2.45, 2.75) is 66.5 Å². The number of alkyl halides is 3. The number of fused-ring (bicyclic) bond motifs is 2. The minimum atomic E-state index is -4.37. The molecule has 4 aliphatic carbocycles. The van der Waals surface area contributed by atoms with E-state index in [1.54, 1.807) is 6.07 Å². The van der Waals surface area contributed by atoms with Crippen LogP contribution in [-0.2, 0) is 10.9 Å². The molecule has 4 bridgehead atoms. The summed E-state index contributed by atoms with van der Waals surface area (Å²) < 4.78 is 46.2. The van der Waals surface area contributed by atoms with Crippen molar-refractivity contribution in [2.75, 3.05) is 57.3 Å². The maximum absolute atomic E-state index is 13.5. The second kappa shape index (κ2) is 12.9. The third kappa shape index (κ3) is 6.83. The molecule has 0 atom stereocenters. The molecular weight excluding hydrogens is 609 g/mol. The molecule has 1 amide bonds. The molecule has 8 rings (SSSR count). The number of nitrogens with one attached hydrogen (secondary N) is 1. The van der Waals surface area contributed by atoms with Crippen molar-refractivity contribution in [3.63, 3.8) is 0 Å². The van der Waals surface area contributed by atoms with E-state index in [0.29, 0.717) is 18.8 Å². The molecule has 0 radical (unpaired) electrons. The molecular formula is C33H42ClF3N4O2S. The lowest BCUT2D eigenvalue weighted by Gasteiger charge is -2.56. The van der Waals surface area contributed by atoms with E-state index in [-0.39, 0.29) is 24.0 Å². The van der Waals surface area contributed by atoms with E-state index in [1.807, 2.05) is 24.3 Å². The van der Waals surface area contributed by atoms with Crippen LogP contribution < -0.4 is 10.2 Å². The van der Waals surface area contributed by atoms with E-state index in [4.69, 9.17) is 4.74 Å². The van der Waals surface area contributed by atoms with Gasteiger partial charge in [0.2, 0.25) is 0 Å². The number of amides is 1. The van der Waals surface area contributed by atoms with Gasteiger partial charge in [-0.25, -0.2) is 4.79 Å². The highest BCUT2D eigenvalue weighted by atomic mass is 35.5. The van der Waals surface area contributed by atoms with Crippen LogP contribution in [0.1, 0.15) is 50.5 Å². The standard InChI is InChI=1S/C33H41F3N4O2S.ClH/c34-33(35,36)26-6-7-30-28(19-26)40(27-4-1-2-5-29(27)43-30)9-3-8-38-10-12-39(13-11-38)14-15-42-31(41)37-32-20-23-16-24(21-32)18-25(17-23)22-32;/h1-2,4-7,19,23-25H,3,8-18,20-22H2,(H,37,41);1H. The third-order valence-electron chi connectivity index (χ3n) is 10.3. The Hall–Kier alpha value is -2.14. The van der Waals surface area contributed by atoms with Gasteiger partial charge < -0.3 is 19.9 Å². The quantitative estimate of drug-likeness (QED) is 0.321. The molecule has 1 saturated heterocycles. The Balaban J connectivity index is 0.00000343. The fourth-order valence-electron chi connectivity index (χ4n) is 8.72. The first kappa shape index (κ1) is 31.8. The number of alkyl carbamates (subject to hydrolysis) is 1. The Morgan fingerprint density at radius 2 is 1.48 bits per heavy atom. The average molecular weight is 651 g/mol. The summed E-state index contributed by atoms with van der Waals surface area (Å²) in [6, 6.07) is 12.0. The maximum Gasteiger partial charge on any atom is 0.416 e. The van der Waals surface area contributed by atoms with Crippen LogP contribution in [0.3, 0.4) is 0 Å². The average Bonchev–Trinajstić information content (AvgIpc) is 2.96. The zero-order valence-corrected chi connectivity index (χ0v) is 26.6. The summed E-state index contributed by atoms with van der Waals surface area (Å²) in [4.78, 5) is 21.4. The molecule has 5 fully saturated rings. The first-order valence-electron chi connectivity index (χ1n) is 15.9. The van der Waals surface area contributed by atoms with Crippen molar-refractivity contribution in [3.8, 4) is 0 Å². The van der Waals surface area contributed by atoms with Crippen molar-refractivity contribution >= 4 is 41.6 Å². The Morgan fingerprint density at radius 1 is 0.864 bits per heavy atom. The number of benzene rings is 2. The summed E-state index contributed by atoms with van der Waals surface area (Å²) in [7, 11) is 0. The summed E-state index contributed by atoms with van der Waals surface area (Å²) in [6.07, 6.45) is 3.66. The van der Waals surface area contributed by atoms with Crippen molar-refractivity contribution in [3.05, 3.63) is 48.0 Å². The summed E-state index contributed by atoms with van der Waals surface area (Å²) in [5, 5.41) is 3.29. The van der Waals surface area contributed by atoms with E-state index in [1.165, 1.54) is 43.2 Å². The van der Waals surface area contributed by atoms with Crippen molar-refractivity contribution in [1.82, 2.24) is 15.1 Å². The smallest absolute Gasteiger partial charge is 0.416 e. The van der Waals surface area contributed by atoms with Crippen LogP contribution in [0, 0.1) is 17.8 Å². The zero-order chi connectivity index (χ0) is 29.6. The molecule has 0 spiro atoms. The van der Waals surface area contributed by atoms with E-state index >= 15 is 0 Å². The van der Waals surface area contributed by atoms with Gasteiger partial charge in [0, 0.05) is 54.6 Å². The molecule has 2 aliphatic heterocycles. The Morgan fingerprint density at radius 3 is 2.14 bits per heavy atom. The van der Waals surface area contributed by atoms with Gasteiger partial charge in [-0.2, -0.15) is 13.2 Å². The predicted octanol–water partition coefficient (Wildman–Crippen LogP) is 7.43. The Bertz CT molecular complexity index is 1300. The van der Waals surface area contributed by atoms with Gasteiger partial charge in [0.1, 0.15) is 6.61 Å². The molecule has 44 heavy (non-hydrogen) atoms. The first-order valence-corrected chi connectivity index (χ1v) is 16.7. The van der Waals surface area contributed by atoms with Gasteiger partial charge in [0.25, 0.3) is 0 Å². The number of carbonyl (C=O) groups is 1. The van der Waals surface area contributed by atoms with Gasteiger partial charge in [0.15, 0.2) is 0 Å². The normalized spacial score (nSPS) is 27.8. The highest BCUT2D eigenvalue weighted by Crippen LogP contribution is 2.55. The molecule has 0 unspecified atom stereocenters. The van der Waals surface area contributed by atoms with Crippen LogP contribution in [0.4, 0.5) is 29.3 Å². The molecule has 2 aromatic rings. The molecule has 2 heterocycles. The SMILES string of the molecule is Cl.O=C(NC12CC3CC(CC(C3)C1)C2)OCCN1CCN(CCCN2c3ccccc3Sc3ccc(C(F)(F)F)cc32)CC1.